The Hall–Kier alpha value is -2.70. The normalized spacial score (nSPS) is 13.9. The number of aliphatic hydroxyl groups is 2. The van der Waals surface area contributed by atoms with Crippen LogP contribution in [0.3, 0.4) is 0 Å². The molecule has 0 aliphatic heterocycles. The van der Waals surface area contributed by atoms with Gasteiger partial charge in [-0.25, -0.2) is 0 Å². The molecule has 0 bridgehead atoms. The minimum atomic E-state index is -0.808. The van der Waals surface area contributed by atoms with Gasteiger partial charge < -0.3 is 20.3 Å². The number of amides is 1. The molecule has 0 saturated heterocycles. The third-order valence-corrected chi connectivity index (χ3v) is 11.2. The molecule has 6 heteroatoms. The number of rotatable bonds is 44. The maximum atomic E-state index is 13.2. The smallest absolute Gasteiger partial charge is 0.306 e. The summed E-state index contributed by atoms with van der Waals surface area (Å²) in [5.74, 6) is -0.547. The first-order chi connectivity index (χ1) is 29.5. The molecule has 0 rings (SSSR count). The van der Waals surface area contributed by atoms with Crippen LogP contribution in [-0.4, -0.2) is 46.9 Å². The summed E-state index contributed by atoms with van der Waals surface area (Å²) in [7, 11) is 0. The van der Waals surface area contributed by atoms with Gasteiger partial charge in [-0.3, -0.25) is 9.59 Å². The van der Waals surface area contributed by atoms with E-state index in [-0.39, 0.29) is 24.9 Å². The molecular weight excluding hydrogens is 743 g/mol. The Bertz CT molecular complexity index is 1120. The standard InChI is InChI=1S/C54H95NO5/c1-4-7-10-13-16-19-22-25-27-28-30-33-36-39-42-45-50(60-54(59)47-44-41-38-35-32-29-26-23-20-17-14-11-8-5-2)48-53(58)55-51(49-56)52(57)46-43-40-37-34-31-24-21-18-15-12-9-6-3/h7,10,13,16,19,22,25,27-28,30,33,36,50-52,56-57H,4-6,8-9,11-12,14-15,17-18,20-21,23-24,26,29,31-32,34-35,37-49H2,1-3H3,(H,55,58)/b10-7-,16-13+,22-19+,27-25-,30-28+,36-33+. The van der Waals surface area contributed by atoms with Gasteiger partial charge in [0.05, 0.1) is 25.2 Å². The van der Waals surface area contributed by atoms with Crippen LogP contribution in [0, 0.1) is 0 Å². The molecule has 0 spiro atoms. The number of hydrogen-bond acceptors (Lipinski definition) is 5. The molecule has 0 aliphatic carbocycles. The Morgan fingerprint density at radius 1 is 0.500 bits per heavy atom. The van der Waals surface area contributed by atoms with E-state index in [1.807, 2.05) is 60.8 Å². The number of esters is 1. The molecule has 6 nitrogen and oxygen atoms in total. The molecule has 0 fully saturated rings. The van der Waals surface area contributed by atoms with E-state index in [4.69, 9.17) is 4.74 Å². The highest BCUT2D eigenvalue weighted by atomic mass is 16.5. The monoisotopic (exact) mass is 838 g/mol. The molecule has 0 aromatic carbocycles. The predicted molar refractivity (Wildman–Crippen MR) is 259 cm³/mol. The molecule has 0 saturated carbocycles. The zero-order valence-electron chi connectivity index (χ0n) is 39.3. The third kappa shape index (κ3) is 42.0. The highest BCUT2D eigenvalue weighted by Crippen LogP contribution is 2.17. The minimum absolute atomic E-state index is 0.0261. The van der Waals surface area contributed by atoms with Crippen LogP contribution in [-0.2, 0) is 14.3 Å². The van der Waals surface area contributed by atoms with Crippen molar-refractivity contribution in [2.45, 2.75) is 251 Å². The van der Waals surface area contributed by atoms with Crippen molar-refractivity contribution in [2.24, 2.45) is 0 Å². The summed E-state index contributed by atoms with van der Waals surface area (Å²) in [4.78, 5) is 26.1. The SMILES string of the molecule is CC\C=C/C=C/C=C/C=C\C=C\C=C\CCCC(CC(=O)NC(CO)C(O)CCCCCCCCCCCCCC)OC(=O)CCCCCCCCCCCCCCCC. The molecule has 0 aromatic rings. The molecule has 3 N–H and O–H groups in total. The lowest BCUT2D eigenvalue weighted by atomic mass is 10.0. The van der Waals surface area contributed by atoms with Gasteiger partial charge in [0.2, 0.25) is 5.91 Å². The van der Waals surface area contributed by atoms with Crippen molar-refractivity contribution in [3.63, 3.8) is 0 Å². The van der Waals surface area contributed by atoms with Crippen LogP contribution in [0.2, 0.25) is 0 Å². The summed E-state index contributed by atoms with van der Waals surface area (Å²) in [6.07, 6.45) is 59.6. The highest BCUT2D eigenvalue weighted by Gasteiger charge is 2.24. The first-order valence-electron chi connectivity index (χ1n) is 25.2. The third-order valence-electron chi connectivity index (χ3n) is 11.2. The first kappa shape index (κ1) is 57.3. The Morgan fingerprint density at radius 2 is 0.900 bits per heavy atom. The van der Waals surface area contributed by atoms with Gasteiger partial charge in [0.15, 0.2) is 0 Å². The zero-order chi connectivity index (χ0) is 43.8. The lowest BCUT2D eigenvalue weighted by Gasteiger charge is -2.24. The summed E-state index contributed by atoms with van der Waals surface area (Å²) < 4.78 is 5.89. The second-order valence-electron chi connectivity index (χ2n) is 17.0. The Kier molecular flexibility index (Phi) is 45.2. The first-order valence-corrected chi connectivity index (χ1v) is 25.2. The van der Waals surface area contributed by atoms with Gasteiger partial charge in [0, 0.05) is 6.42 Å². The van der Waals surface area contributed by atoms with Crippen LogP contribution in [0.25, 0.3) is 0 Å². The van der Waals surface area contributed by atoms with E-state index < -0.39 is 18.2 Å². The summed E-state index contributed by atoms with van der Waals surface area (Å²) in [6, 6.07) is -0.726. The topological polar surface area (TPSA) is 95.9 Å². The number of unbranched alkanes of at least 4 members (excludes halogenated alkanes) is 25. The van der Waals surface area contributed by atoms with Crippen molar-refractivity contribution >= 4 is 11.9 Å². The lowest BCUT2D eigenvalue weighted by Crippen LogP contribution is -2.46. The average molecular weight is 838 g/mol. The molecule has 3 atom stereocenters. The van der Waals surface area contributed by atoms with E-state index in [9.17, 15) is 19.8 Å². The number of hydrogen-bond donors (Lipinski definition) is 3. The molecule has 0 heterocycles. The van der Waals surface area contributed by atoms with Crippen LogP contribution < -0.4 is 5.32 Å². The molecule has 3 unspecified atom stereocenters. The minimum Gasteiger partial charge on any atom is -0.462 e. The van der Waals surface area contributed by atoms with Crippen LogP contribution in [0.15, 0.2) is 72.9 Å². The van der Waals surface area contributed by atoms with E-state index in [0.717, 1.165) is 57.8 Å². The largest absolute Gasteiger partial charge is 0.462 e. The number of nitrogens with one attached hydrogen (secondary N) is 1. The number of ether oxygens (including phenoxy) is 1. The highest BCUT2D eigenvalue weighted by molar-refractivity contribution is 5.77. The fraction of sp³-hybridized carbons (Fsp3) is 0.741. The molecule has 0 aliphatic rings. The fourth-order valence-electron chi connectivity index (χ4n) is 7.41. The van der Waals surface area contributed by atoms with E-state index in [2.05, 4.69) is 38.2 Å². The van der Waals surface area contributed by atoms with Gasteiger partial charge in [-0.15, -0.1) is 0 Å². The molecule has 0 radical (unpaired) electrons. The van der Waals surface area contributed by atoms with Crippen molar-refractivity contribution in [1.29, 1.82) is 0 Å². The molecule has 346 valence electrons. The van der Waals surface area contributed by atoms with Gasteiger partial charge in [-0.2, -0.15) is 0 Å². The number of carbonyl (C=O) groups excluding carboxylic acids is 2. The number of carbonyl (C=O) groups is 2. The maximum Gasteiger partial charge on any atom is 0.306 e. The predicted octanol–water partition coefficient (Wildman–Crippen LogP) is 15.0. The summed E-state index contributed by atoms with van der Waals surface area (Å²) >= 11 is 0. The summed E-state index contributed by atoms with van der Waals surface area (Å²) in [5, 5.41) is 23.7. The van der Waals surface area contributed by atoms with Gasteiger partial charge in [-0.1, -0.05) is 254 Å². The van der Waals surface area contributed by atoms with Gasteiger partial charge in [0.1, 0.15) is 6.10 Å². The van der Waals surface area contributed by atoms with E-state index in [1.54, 1.807) is 0 Å². The molecule has 1 amide bonds. The van der Waals surface area contributed by atoms with Crippen LogP contribution >= 0.6 is 0 Å². The van der Waals surface area contributed by atoms with Crippen molar-refractivity contribution in [3.05, 3.63) is 72.9 Å². The summed E-state index contributed by atoms with van der Waals surface area (Å²) in [5.41, 5.74) is 0. The lowest BCUT2D eigenvalue weighted by molar-refractivity contribution is -0.151. The number of aliphatic hydroxyl groups excluding tert-OH is 2. The van der Waals surface area contributed by atoms with Crippen molar-refractivity contribution in [2.75, 3.05) is 6.61 Å². The Balaban J connectivity index is 4.73. The number of allylic oxidation sites excluding steroid dienone is 12. The fourth-order valence-corrected chi connectivity index (χ4v) is 7.41. The van der Waals surface area contributed by atoms with Gasteiger partial charge >= 0.3 is 5.97 Å². The Morgan fingerprint density at radius 3 is 1.33 bits per heavy atom. The summed E-state index contributed by atoms with van der Waals surface area (Å²) in [6.45, 7) is 6.31. The van der Waals surface area contributed by atoms with Crippen molar-refractivity contribution in [1.82, 2.24) is 5.32 Å². The Labute approximate surface area is 371 Å². The van der Waals surface area contributed by atoms with Crippen LogP contribution in [0.4, 0.5) is 0 Å². The van der Waals surface area contributed by atoms with Crippen LogP contribution in [0.5, 0.6) is 0 Å². The van der Waals surface area contributed by atoms with Crippen LogP contribution in [0.1, 0.15) is 233 Å². The van der Waals surface area contributed by atoms with E-state index >= 15 is 0 Å². The molecule has 0 aromatic heterocycles. The van der Waals surface area contributed by atoms with Gasteiger partial charge in [0.25, 0.3) is 0 Å². The average Bonchev–Trinajstić information content (AvgIpc) is 3.24. The van der Waals surface area contributed by atoms with E-state index in [1.165, 1.54) is 128 Å². The van der Waals surface area contributed by atoms with Crippen molar-refractivity contribution in [3.8, 4) is 0 Å². The second-order valence-corrected chi connectivity index (χ2v) is 17.0. The van der Waals surface area contributed by atoms with Crippen molar-refractivity contribution < 1.29 is 24.5 Å². The quantitative estimate of drug-likeness (QED) is 0.0323. The molecular formula is C54H95NO5. The zero-order valence-corrected chi connectivity index (χ0v) is 39.3. The second kappa shape index (κ2) is 47.4. The maximum absolute atomic E-state index is 13.2. The van der Waals surface area contributed by atoms with E-state index in [0.29, 0.717) is 19.3 Å². The van der Waals surface area contributed by atoms with Gasteiger partial charge in [-0.05, 0) is 38.5 Å². The molecule has 60 heavy (non-hydrogen) atoms.